The van der Waals surface area contributed by atoms with Gasteiger partial charge in [-0.15, -0.1) is 11.3 Å². The van der Waals surface area contributed by atoms with Crippen LogP contribution in [0.25, 0.3) is 0 Å². The molecule has 0 aliphatic heterocycles. The first-order valence-corrected chi connectivity index (χ1v) is 5.16. The first-order valence-electron chi connectivity index (χ1n) is 4.28. The molecule has 1 amide bonds. The lowest BCUT2D eigenvalue weighted by molar-refractivity contribution is -0.116. The molecule has 0 aromatic carbocycles. The van der Waals surface area contributed by atoms with E-state index in [1.54, 1.807) is 4.90 Å². The number of thiazole rings is 1. The Bertz CT molecular complexity index is 313. The number of anilines is 1. The van der Waals surface area contributed by atoms with Gasteiger partial charge < -0.3 is 5.21 Å². The van der Waals surface area contributed by atoms with Gasteiger partial charge in [0.15, 0.2) is 5.13 Å². The van der Waals surface area contributed by atoms with Gasteiger partial charge in [0.1, 0.15) is 0 Å². The number of hydroxylamine groups is 1. The molecule has 0 spiro atoms. The van der Waals surface area contributed by atoms with E-state index < -0.39 is 0 Å². The fourth-order valence-corrected chi connectivity index (χ4v) is 2.01. The van der Waals surface area contributed by atoms with Crippen molar-refractivity contribution in [2.75, 3.05) is 11.4 Å². The molecule has 14 heavy (non-hydrogen) atoms. The highest BCUT2D eigenvalue weighted by molar-refractivity contribution is 7.14. The molecule has 78 valence electrons. The lowest BCUT2D eigenvalue weighted by Gasteiger charge is -2.14. The maximum absolute atomic E-state index is 11.2. The van der Waals surface area contributed by atoms with Gasteiger partial charge in [0, 0.05) is 18.8 Å². The molecule has 6 heteroatoms. The number of carbonyl (C=O) groups is 1. The van der Waals surface area contributed by atoms with Gasteiger partial charge in [-0.1, -0.05) is 0 Å². The zero-order chi connectivity index (χ0) is 10.6. The third kappa shape index (κ3) is 2.50. The summed E-state index contributed by atoms with van der Waals surface area (Å²) in [5.41, 5.74) is 2.75. The molecular formula is C8H13N3O2S. The van der Waals surface area contributed by atoms with Gasteiger partial charge in [0.25, 0.3) is 0 Å². The minimum absolute atomic E-state index is 0.0228. The minimum atomic E-state index is -0.0228. The van der Waals surface area contributed by atoms with E-state index >= 15 is 0 Å². The Hall–Kier alpha value is -0.980. The van der Waals surface area contributed by atoms with Crippen LogP contribution in [0.2, 0.25) is 0 Å². The predicted molar refractivity (Wildman–Crippen MR) is 54.4 cm³/mol. The van der Waals surface area contributed by atoms with Crippen LogP contribution in [-0.2, 0) is 11.3 Å². The SMILES string of the molecule is CCN(C(C)=O)c1nc(CNO)cs1. The largest absolute Gasteiger partial charge is 0.316 e. The van der Waals surface area contributed by atoms with Crippen molar-refractivity contribution in [3.8, 4) is 0 Å². The summed E-state index contributed by atoms with van der Waals surface area (Å²) < 4.78 is 0. The molecule has 0 bridgehead atoms. The van der Waals surface area contributed by atoms with Gasteiger partial charge in [-0.25, -0.2) is 4.98 Å². The van der Waals surface area contributed by atoms with Crippen molar-refractivity contribution in [2.45, 2.75) is 20.4 Å². The molecular weight excluding hydrogens is 202 g/mol. The first kappa shape index (κ1) is 11.1. The summed E-state index contributed by atoms with van der Waals surface area (Å²) in [6.07, 6.45) is 0. The third-order valence-corrected chi connectivity index (χ3v) is 2.64. The van der Waals surface area contributed by atoms with Crippen LogP contribution < -0.4 is 10.4 Å². The van der Waals surface area contributed by atoms with Crippen molar-refractivity contribution in [3.63, 3.8) is 0 Å². The lowest BCUT2D eigenvalue weighted by Crippen LogP contribution is -2.27. The Labute approximate surface area is 86.3 Å². The molecule has 0 radical (unpaired) electrons. The van der Waals surface area contributed by atoms with Crippen molar-refractivity contribution < 1.29 is 10.0 Å². The van der Waals surface area contributed by atoms with Gasteiger partial charge in [-0.3, -0.25) is 9.69 Å². The molecule has 0 fully saturated rings. The summed E-state index contributed by atoms with van der Waals surface area (Å²) in [7, 11) is 0. The number of hydrogen-bond acceptors (Lipinski definition) is 5. The van der Waals surface area contributed by atoms with Crippen LogP contribution in [0.5, 0.6) is 0 Å². The Morgan fingerprint density at radius 3 is 3.00 bits per heavy atom. The second-order valence-corrected chi connectivity index (χ2v) is 3.56. The van der Waals surface area contributed by atoms with Gasteiger partial charge in [0.05, 0.1) is 12.2 Å². The van der Waals surface area contributed by atoms with Crippen molar-refractivity contribution in [3.05, 3.63) is 11.1 Å². The predicted octanol–water partition coefficient (Wildman–Crippen LogP) is 0.995. The summed E-state index contributed by atoms with van der Waals surface area (Å²) in [6, 6.07) is 0. The highest BCUT2D eigenvalue weighted by Gasteiger charge is 2.12. The van der Waals surface area contributed by atoms with Crippen molar-refractivity contribution in [2.24, 2.45) is 0 Å². The van der Waals surface area contributed by atoms with Crippen LogP contribution in [0.1, 0.15) is 19.5 Å². The molecule has 0 unspecified atom stereocenters. The number of rotatable bonds is 4. The second kappa shape index (κ2) is 5.04. The highest BCUT2D eigenvalue weighted by Crippen LogP contribution is 2.20. The summed E-state index contributed by atoms with van der Waals surface area (Å²) in [4.78, 5) is 17.0. The van der Waals surface area contributed by atoms with Crippen molar-refractivity contribution in [1.29, 1.82) is 0 Å². The number of amides is 1. The molecule has 1 aromatic heterocycles. The number of nitrogens with zero attached hydrogens (tertiary/aromatic N) is 2. The van der Waals surface area contributed by atoms with Crippen LogP contribution in [0.3, 0.4) is 0 Å². The number of nitrogens with one attached hydrogen (secondary N) is 1. The average molecular weight is 215 g/mol. The van der Waals surface area contributed by atoms with Crippen LogP contribution in [-0.4, -0.2) is 22.6 Å². The zero-order valence-corrected chi connectivity index (χ0v) is 8.97. The zero-order valence-electron chi connectivity index (χ0n) is 8.15. The Balaban J connectivity index is 2.78. The molecule has 1 rings (SSSR count). The van der Waals surface area contributed by atoms with E-state index in [1.165, 1.54) is 18.3 Å². The van der Waals surface area contributed by atoms with Gasteiger partial charge in [0.2, 0.25) is 5.91 Å². The van der Waals surface area contributed by atoms with E-state index in [0.29, 0.717) is 18.2 Å². The Kier molecular flexibility index (Phi) is 3.99. The van der Waals surface area contributed by atoms with E-state index in [1.807, 2.05) is 17.8 Å². The summed E-state index contributed by atoms with van der Waals surface area (Å²) in [6.45, 7) is 4.31. The van der Waals surface area contributed by atoms with Crippen LogP contribution in [0.15, 0.2) is 5.38 Å². The maximum atomic E-state index is 11.2. The van der Waals surface area contributed by atoms with Crippen molar-refractivity contribution >= 4 is 22.4 Å². The molecule has 0 aliphatic carbocycles. The molecule has 2 N–H and O–H groups in total. The van der Waals surface area contributed by atoms with Crippen LogP contribution in [0.4, 0.5) is 5.13 Å². The number of hydrogen-bond donors (Lipinski definition) is 2. The van der Waals surface area contributed by atoms with E-state index in [4.69, 9.17) is 5.21 Å². The molecule has 0 saturated carbocycles. The smallest absolute Gasteiger partial charge is 0.225 e. The summed E-state index contributed by atoms with van der Waals surface area (Å²) in [5, 5.41) is 10.9. The number of aromatic nitrogens is 1. The second-order valence-electron chi connectivity index (χ2n) is 2.72. The fraction of sp³-hybridized carbons (Fsp3) is 0.500. The Morgan fingerprint density at radius 1 is 1.79 bits per heavy atom. The van der Waals surface area contributed by atoms with Crippen LogP contribution >= 0.6 is 11.3 Å². The van der Waals surface area contributed by atoms with Gasteiger partial charge in [-0.2, -0.15) is 5.48 Å². The highest BCUT2D eigenvalue weighted by atomic mass is 32.1. The molecule has 5 nitrogen and oxygen atoms in total. The third-order valence-electron chi connectivity index (χ3n) is 1.73. The first-order chi connectivity index (χ1) is 6.69. The van der Waals surface area contributed by atoms with Crippen molar-refractivity contribution in [1.82, 2.24) is 10.5 Å². The molecule has 1 aromatic rings. The van der Waals surface area contributed by atoms with Crippen LogP contribution in [0, 0.1) is 0 Å². The minimum Gasteiger partial charge on any atom is -0.316 e. The van der Waals surface area contributed by atoms with Gasteiger partial charge >= 0.3 is 0 Å². The number of carbonyl (C=O) groups excluding carboxylic acids is 1. The lowest BCUT2D eigenvalue weighted by atomic mass is 10.5. The van der Waals surface area contributed by atoms with E-state index in [0.717, 1.165) is 5.69 Å². The topological polar surface area (TPSA) is 65.5 Å². The molecule has 0 saturated heterocycles. The van der Waals surface area contributed by atoms with E-state index in [9.17, 15) is 4.79 Å². The Morgan fingerprint density at radius 2 is 2.50 bits per heavy atom. The average Bonchev–Trinajstić information content (AvgIpc) is 2.54. The summed E-state index contributed by atoms with van der Waals surface area (Å²) >= 11 is 1.39. The quantitative estimate of drug-likeness (QED) is 0.735. The van der Waals surface area contributed by atoms with E-state index in [-0.39, 0.29) is 5.91 Å². The monoisotopic (exact) mass is 215 g/mol. The molecule has 0 aliphatic rings. The van der Waals surface area contributed by atoms with E-state index in [2.05, 4.69) is 4.98 Å². The summed E-state index contributed by atoms with van der Waals surface area (Å²) in [5.74, 6) is -0.0228. The fourth-order valence-electron chi connectivity index (χ4n) is 1.08. The van der Waals surface area contributed by atoms with Gasteiger partial charge in [-0.05, 0) is 6.92 Å². The standard InChI is InChI=1S/C8H13N3O2S/c1-3-11(6(2)12)8-10-7(4-9-13)5-14-8/h5,9,13H,3-4H2,1-2H3. The normalized spacial score (nSPS) is 10.2. The molecule has 1 heterocycles. The maximum Gasteiger partial charge on any atom is 0.225 e. The molecule has 0 atom stereocenters.